The molecule has 0 saturated carbocycles. The Labute approximate surface area is 91.9 Å². The van der Waals surface area contributed by atoms with Crippen molar-refractivity contribution in [2.45, 2.75) is 6.92 Å². The molecule has 0 aliphatic heterocycles. The third-order valence-corrected chi connectivity index (χ3v) is 2.23. The van der Waals surface area contributed by atoms with Gasteiger partial charge in [-0.05, 0) is 11.8 Å². The predicted octanol–water partition coefficient (Wildman–Crippen LogP) is 0.803. The molecule has 0 amide bonds. The van der Waals surface area contributed by atoms with Gasteiger partial charge in [0, 0.05) is 25.8 Å². The van der Waals surface area contributed by atoms with Gasteiger partial charge in [0.2, 0.25) is 0 Å². The topological polar surface area (TPSA) is 46.0 Å². The molecule has 0 spiro atoms. The third-order valence-electron chi connectivity index (χ3n) is 0.969. The number of thiazole rings is 1. The molecule has 1 atom stereocenters. The summed E-state index contributed by atoms with van der Waals surface area (Å²) < 4.78 is 5.78. The molecule has 66 valence electrons. The fourth-order valence-electron chi connectivity index (χ4n) is 0.563. The minimum atomic E-state index is 0. The molecule has 12 heavy (non-hydrogen) atoms. The van der Waals surface area contributed by atoms with Gasteiger partial charge >= 0.3 is 0 Å². The molecule has 0 aliphatic rings. The Morgan fingerprint density at radius 3 is 2.92 bits per heavy atom. The molecule has 1 N–H and O–H groups in total. The van der Waals surface area contributed by atoms with E-state index in [9.17, 15) is 0 Å². The molecule has 0 aliphatic carbocycles. The quantitative estimate of drug-likeness (QED) is 0.362. The summed E-state index contributed by atoms with van der Waals surface area (Å²) in [7, 11) is 2.46. The van der Waals surface area contributed by atoms with E-state index in [4.69, 9.17) is 10.1 Å². The molecule has 1 rings (SSSR count). The zero-order valence-corrected chi connectivity index (χ0v) is 11.4. The van der Waals surface area contributed by atoms with E-state index >= 15 is 0 Å². The van der Waals surface area contributed by atoms with Gasteiger partial charge in [-0.2, -0.15) is 0 Å². The van der Waals surface area contributed by atoms with Crippen molar-refractivity contribution in [2.75, 3.05) is 6.61 Å². The van der Waals surface area contributed by atoms with Crippen LogP contribution in [-0.4, -0.2) is 17.5 Å². The molecule has 1 heterocycles. The van der Waals surface area contributed by atoms with E-state index in [-0.39, 0.29) is 27.0 Å². The first-order valence-corrected chi connectivity index (χ1v) is 4.49. The first kappa shape index (κ1) is 12.2. The SMILES string of the molecule is CCOC(=N)c1[c-]nc(P)s1.[W]. The van der Waals surface area contributed by atoms with Gasteiger partial charge in [-0.15, -0.1) is 9.24 Å². The van der Waals surface area contributed by atoms with Crippen molar-refractivity contribution < 1.29 is 25.8 Å². The van der Waals surface area contributed by atoms with E-state index in [1.54, 1.807) is 0 Å². The van der Waals surface area contributed by atoms with Crippen molar-refractivity contribution in [1.29, 1.82) is 5.41 Å². The van der Waals surface area contributed by atoms with Gasteiger partial charge < -0.3 is 15.1 Å². The number of hydrogen-bond acceptors (Lipinski definition) is 4. The maximum Gasteiger partial charge on any atom is 0.120 e. The number of rotatable bonds is 2. The maximum atomic E-state index is 7.35. The summed E-state index contributed by atoms with van der Waals surface area (Å²) in [5, 5.41) is 7.35. The number of hydrogen-bond donors (Lipinski definition) is 1. The number of aromatic nitrogens is 1. The molecular formula is C6H8N2OPSW-. The zero-order chi connectivity index (χ0) is 8.27. The molecule has 1 unspecified atom stereocenters. The van der Waals surface area contributed by atoms with Crippen LogP contribution >= 0.6 is 20.6 Å². The Balaban J connectivity index is 0.00000121. The van der Waals surface area contributed by atoms with Crippen LogP contribution in [0, 0.1) is 11.6 Å². The standard InChI is InChI=1S/C6H8N2OPS.W/c1-2-9-5(7)4-3-8-6(10)11-4;/h7H,2,10H2,1H3;/q-1;. The minimum absolute atomic E-state index is 0. The number of nitrogens with one attached hydrogen (secondary N) is 1. The van der Waals surface area contributed by atoms with Crippen LogP contribution in [-0.2, 0) is 25.8 Å². The van der Waals surface area contributed by atoms with Crippen LogP contribution in [0.15, 0.2) is 0 Å². The molecule has 0 radical (unpaired) electrons. The summed E-state index contributed by atoms with van der Waals surface area (Å²) >= 11 is 1.38. The molecule has 1 aromatic heterocycles. The Morgan fingerprint density at radius 1 is 1.83 bits per heavy atom. The van der Waals surface area contributed by atoms with Crippen LogP contribution < -0.4 is 4.75 Å². The van der Waals surface area contributed by atoms with Crippen molar-refractivity contribution in [1.82, 2.24) is 4.98 Å². The van der Waals surface area contributed by atoms with E-state index in [1.807, 2.05) is 6.92 Å². The fourth-order valence-corrected chi connectivity index (χ4v) is 1.52. The van der Waals surface area contributed by atoms with Gasteiger partial charge in [-0.1, -0.05) is 6.20 Å². The van der Waals surface area contributed by atoms with Crippen LogP contribution in [0.4, 0.5) is 0 Å². The van der Waals surface area contributed by atoms with Gasteiger partial charge in [-0.3, -0.25) is 0 Å². The second-order valence-electron chi connectivity index (χ2n) is 1.76. The summed E-state index contributed by atoms with van der Waals surface area (Å²) in [6.07, 6.45) is 2.69. The maximum absolute atomic E-state index is 7.35. The van der Waals surface area contributed by atoms with Gasteiger partial charge in [-0.25, -0.2) is 11.3 Å². The van der Waals surface area contributed by atoms with E-state index in [0.717, 1.165) is 4.75 Å². The second-order valence-corrected chi connectivity index (χ2v) is 3.75. The van der Waals surface area contributed by atoms with E-state index < -0.39 is 0 Å². The summed E-state index contributed by atoms with van der Waals surface area (Å²) in [5.74, 6) is 0.152. The Morgan fingerprint density at radius 2 is 2.50 bits per heavy atom. The summed E-state index contributed by atoms with van der Waals surface area (Å²) in [4.78, 5) is 4.51. The van der Waals surface area contributed by atoms with Crippen molar-refractivity contribution in [3.8, 4) is 0 Å². The molecular weight excluding hydrogens is 363 g/mol. The van der Waals surface area contributed by atoms with Crippen molar-refractivity contribution in [3.05, 3.63) is 11.1 Å². The van der Waals surface area contributed by atoms with Crippen molar-refractivity contribution in [3.63, 3.8) is 0 Å². The average molecular weight is 371 g/mol. The van der Waals surface area contributed by atoms with Gasteiger partial charge in [0.15, 0.2) is 0 Å². The van der Waals surface area contributed by atoms with Crippen LogP contribution in [0.25, 0.3) is 0 Å². The minimum Gasteiger partial charge on any atom is -0.533 e. The largest absolute Gasteiger partial charge is 0.533 e. The number of nitrogens with zero attached hydrogens (tertiary/aromatic N) is 1. The third kappa shape index (κ3) is 3.30. The zero-order valence-electron chi connectivity index (χ0n) is 6.46. The summed E-state index contributed by atoms with van der Waals surface area (Å²) in [6.45, 7) is 2.36. The molecule has 6 heteroatoms. The first-order chi connectivity index (χ1) is 5.24. The Hall–Kier alpha value is 0.218. The molecule has 0 fully saturated rings. The first-order valence-electron chi connectivity index (χ1n) is 3.09. The molecule has 0 aromatic carbocycles. The molecule has 0 bridgehead atoms. The van der Waals surface area contributed by atoms with Crippen LogP contribution in [0.1, 0.15) is 11.8 Å². The van der Waals surface area contributed by atoms with Gasteiger partial charge in [0.1, 0.15) is 5.90 Å². The second kappa shape index (κ2) is 5.79. The Bertz CT molecular complexity index is 266. The summed E-state index contributed by atoms with van der Waals surface area (Å²) in [6, 6.07) is 0. The van der Waals surface area contributed by atoms with Crippen LogP contribution in [0.5, 0.6) is 0 Å². The van der Waals surface area contributed by atoms with E-state index in [0.29, 0.717) is 11.5 Å². The Kier molecular flexibility index (Phi) is 5.90. The molecule has 1 aromatic rings. The molecule has 3 nitrogen and oxygen atoms in total. The van der Waals surface area contributed by atoms with E-state index in [1.165, 1.54) is 11.3 Å². The van der Waals surface area contributed by atoms with E-state index in [2.05, 4.69) is 20.4 Å². The number of ether oxygens (including phenoxy) is 1. The summed E-state index contributed by atoms with van der Waals surface area (Å²) in [5.41, 5.74) is 0. The molecule has 0 saturated heterocycles. The average Bonchev–Trinajstić information content (AvgIpc) is 2.36. The van der Waals surface area contributed by atoms with Crippen molar-refractivity contribution >= 4 is 31.2 Å². The van der Waals surface area contributed by atoms with Crippen LogP contribution in [0.3, 0.4) is 0 Å². The smallest absolute Gasteiger partial charge is 0.120 e. The van der Waals surface area contributed by atoms with Gasteiger partial charge in [0.05, 0.1) is 6.61 Å². The normalized spacial score (nSPS) is 8.83. The monoisotopic (exact) mass is 371 g/mol. The van der Waals surface area contributed by atoms with Gasteiger partial charge in [0.25, 0.3) is 0 Å². The van der Waals surface area contributed by atoms with Crippen LogP contribution in [0.2, 0.25) is 0 Å². The van der Waals surface area contributed by atoms with Crippen molar-refractivity contribution in [2.24, 2.45) is 0 Å². The predicted molar refractivity (Wildman–Crippen MR) is 48.7 cm³/mol. The fraction of sp³-hybridized carbons (Fsp3) is 0.333.